The maximum absolute atomic E-state index is 5.91. The SMILES string of the molecule is COc1cc(N)cc(CN2CCCC3(C2)OCCO3)c1. The van der Waals surface area contributed by atoms with Crippen LogP contribution in [0.1, 0.15) is 18.4 Å². The second-order valence-electron chi connectivity index (χ2n) is 5.54. The van der Waals surface area contributed by atoms with Gasteiger partial charge in [0.1, 0.15) is 5.75 Å². The molecule has 110 valence electrons. The number of benzene rings is 1. The van der Waals surface area contributed by atoms with Crippen LogP contribution in [0.2, 0.25) is 0 Å². The molecule has 5 heteroatoms. The smallest absolute Gasteiger partial charge is 0.181 e. The van der Waals surface area contributed by atoms with Gasteiger partial charge < -0.3 is 19.9 Å². The fraction of sp³-hybridized carbons (Fsp3) is 0.600. The molecule has 0 aliphatic carbocycles. The summed E-state index contributed by atoms with van der Waals surface area (Å²) >= 11 is 0. The number of nitrogens with two attached hydrogens (primary N) is 1. The van der Waals surface area contributed by atoms with Gasteiger partial charge >= 0.3 is 0 Å². The molecule has 1 spiro atoms. The van der Waals surface area contributed by atoms with Gasteiger partial charge in [-0.2, -0.15) is 0 Å². The van der Waals surface area contributed by atoms with Crippen LogP contribution in [0.3, 0.4) is 0 Å². The van der Waals surface area contributed by atoms with E-state index in [-0.39, 0.29) is 5.79 Å². The largest absolute Gasteiger partial charge is 0.497 e. The van der Waals surface area contributed by atoms with E-state index in [1.54, 1.807) is 7.11 Å². The van der Waals surface area contributed by atoms with E-state index in [1.807, 2.05) is 18.2 Å². The van der Waals surface area contributed by atoms with Crippen LogP contribution in [0, 0.1) is 0 Å². The predicted octanol–water partition coefficient (Wildman–Crippen LogP) is 1.62. The van der Waals surface area contributed by atoms with E-state index in [1.165, 1.54) is 0 Å². The van der Waals surface area contributed by atoms with Gasteiger partial charge in [-0.1, -0.05) is 0 Å². The summed E-state index contributed by atoms with van der Waals surface area (Å²) in [6.07, 6.45) is 2.09. The van der Waals surface area contributed by atoms with Crippen LogP contribution < -0.4 is 10.5 Å². The highest BCUT2D eigenvalue weighted by molar-refractivity contribution is 5.47. The molecular weight excluding hydrogens is 256 g/mol. The van der Waals surface area contributed by atoms with Crippen LogP contribution in [0.5, 0.6) is 5.75 Å². The summed E-state index contributed by atoms with van der Waals surface area (Å²) in [4.78, 5) is 2.36. The summed E-state index contributed by atoms with van der Waals surface area (Å²) in [6.45, 7) is 4.14. The molecule has 2 aliphatic heterocycles. The Bertz CT molecular complexity index is 472. The molecular formula is C15H22N2O3. The van der Waals surface area contributed by atoms with Crippen LogP contribution in [0.4, 0.5) is 5.69 Å². The van der Waals surface area contributed by atoms with Gasteiger partial charge in [-0.3, -0.25) is 4.90 Å². The van der Waals surface area contributed by atoms with Crippen LogP contribution in [0.25, 0.3) is 0 Å². The van der Waals surface area contributed by atoms with Gasteiger partial charge in [0.2, 0.25) is 0 Å². The average Bonchev–Trinajstić information content (AvgIpc) is 2.86. The molecule has 2 fully saturated rings. The molecule has 1 aromatic rings. The van der Waals surface area contributed by atoms with Gasteiger partial charge in [0, 0.05) is 24.7 Å². The standard InChI is InChI=1S/C15H22N2O3/c1-18-14-8-12(7-13(16)9-14)10-17-4-2-3-15(11-17)19-5-6-20-15/h7-9H,2-6,10-11,16H2,1H3. The van der Waals surface area contributed by atoms with E-state index in [0.29, 0.717) is 13.2 Å². The number of methoxy groups -OCH3 is 1. The second-order valence-corrected chi connectivity index (χ2v) is 5.54. The first-order chi connectivity index (χ1) is 9.69. The third-order valence-corrected chi connectivity index (χ3v) is 3.94. The number of hydrogen-bond donors (Lipinski definition) is 1. The van der Waals surface area contributed by atoms with Crippen molar-refractivity contribution in [2.75, 3.05) is 39.1 Å². The highest BCUT2D eigenvalue weighted by Gasteiger charge is 2.40. The molecule has 2 N–H and O–H groups in total. The van der Waals surface area contributed by atoms with E-state index in [2.05, 4.69) is 4.90 Å². The summed E-state index contributed by atoms with van der Waals surface area (Å²) in [7, 11) is 1.66. The summed E-state index contributed by atoms with van der Waals surface area (Å²) in [6, 6.07) is 5.87. The fourth-order valence-electron chi connectivity index (χ4n) is 3.09. The van der Waals surface area contributed by atoms with Crippen LogP contribution in [0.15, 0.2) is 18.2 Å². The van der Waals surface area contributed by atoms with E-state index < -0.39 is 0 Å². The van der Waals surface area contributed by atoms with Crippen LogP contribution >= 0.6 is 0 Å². The maximum atomic E-state index is 5.91. The zero-order valence-electron chi connectivity index (χ0n) is 11.9. The Morgan fingerprint density at radius 3 is 2.85 bits per heavy atom. The summed E-state index contributed by atoms with van der Waals surface area (Å²) in [5, 5.41) is 0. The van der Waals surface area contributed by atoms with E-state index >= 15 is 0 Å². The van der Waals surface area contributed by atoms with Gasteiger partial charge in [-0.05, 0) is 30.7 Å². The van der Waals surface area contributed by atoms with Gasteiger partial charge in [0.05, 0.1) is 26.9 Å². The second kappa shape index (κ2) is 5.60. The third kappa shape index (κ3) is 2.90. The molecule has 0 amide bonds. The van der Waals surface area contributed by atoms with E-state index in [9.17, 15) is 0 Å². The van der Waals surface area contributed by atoms with Crippen molar-refractivity contribution in [3.8, 4) is 5.75 Å². The molecule has 0 atom stereocenters. The average molecular weight is 278 g/mol. The monoisotopic (exact) mass is 278 g/mol. The van der Waals surface area contributed by atoms with Crippen molar-refractivity contribution in [3.05, 3.63) is 23.8 Å². The summed E-state index contributed by atoms with van der Waals surface area (Å²) < 4.78 is 16.9. The molecule has 2 aliphatic rings. The molecule has 2 heterocycles. The number of rotatable bonds is 3. The van der Waals surface area contributed by atoms with E-state index in [4.69, 9.17) is 19.9 Å². The highest BCUT2D eigenvalue weighted by atomic mass is 16.7. The minimum absolute atomic E-state index is 0.372. The van der Waals surface area contributed by atoms with E-state index in [0.717, 1.165) is 49.5 Å². The number of ether oxygens (including phenoxy) is 3. The van der Waals surface area contributed by atoms with Gasteiger partial charge in [0.15, 0.2) is 5.79 Å². The first-order valence-corrected chi connectivity index (χ1v) is 7.13. The normalized spacial score (nSPS) is 22.2. The lowest BCUT2D eigenvalue weighted by Crippen LogP contribution is -2.48. The van der Waals surface area contributed by atoms with Crippen molar-refractivity contribution >= 4 is 5.69 Å². The van der Waals surface area contributed by atoms with Gasteiger partial charge in [-0.25, -0.2) is 0 Å². The van der Waals surface area contributed by atoms with Gasteiger partial charge in [0.25, 0.3) is 0 Å². The Labute approximate surface area is 119 Å². The molecule has 2 saturated heterocycles. The molecule has 0 bridgehead atoms. The Kier molecular flexibility index (Phi) is 3.83. The third-order valence-electron chi connectivity index (χ3n) is 3.94. The van der Waals surface area contributed by atoms with Crippen molar-refractivity contribution in [1.29, 1.82) is 0 Å². The van der Waals surface area contributed by atoms with Crippen molar-refractivity contribution < 1.29 is 14.2 Å². The number of hydrogen-bond acceptors (Lipinski definition) is 5. The number of nitrogens with zero attached hydrogens (tertiary/aromatic N) is 1. The number of anilines is 1. The topological polar surface area (TPSA) is 57.0 Å². The van der Waals surface area contributed by atoms with Crippen molar-refractivity contribution in [2.24, 2.45) is 0 Å². The van der Waals surface area contributed by atoms with Gasteiger partial charge in [-0.15, -0.1) is 0 Å². The van der Waals surface area contributed by atoms with Crippen molar-refractivity contribution in [2.45, 2.75) is 25.2 Å². The first-order valence-electron chi connectivity index (χ1n) is 7.13. The van der Waals surface area contributed by atoms with Crippen LogP contribution in [-0.2, 0) is 16.0 Å². The quantitative estimate of drug-likeness (QED) is 0.851. The fourth-order valence-corrected chi connectivity index (χ4v) is 3.09. The number of likely N-dealkylation sites (tertiary alicyclic amines) is 1. The lowest BCUT2D eigenvalue weighted by Gasteiger charge is -2.38. The first kappa shape index (κ1) is 13.7. The molecule has 0 unspecified atom stereocenters. The molecule has 1 aromatic carbocycles. The summed E-state index contributed by atoms with van der Waals surface area (Å²) in [5.74, 6) is 0.433. The lowest BCUT2D eigenvalue weighted by atomic mass is 10.0. The predicted molar refractivity (Wildman–Crippen MR) is 76.6 cm³/mol. The molecule has 0 saturated carbocycles. The Morgan fingerprint density at radius 1 is 1.30 bits per heavy atom. The lowest BCUT2D eigenvalue weighted by molar-refractivity contribution is -0.190. The molecule has 0 aromatic heterocycles. The van der Waals surface area contributed by atoms with Crippen molar-refractivity contribution in [3.63, 3.8) is 0 Å². The van der Waals surface area contributed by atoms with Crippen molar-refractivity contribution in [1.82, 2.24) is 4.90 Å². The highest BCUT2D eigenvalue weighted by Crippen LogP contribution is 2.31. The summed E-state index contributed by atoms with van der Waals surface area (Å²) in [5.41, 5.74) is 7.81. The van der Waals surface area contributed by atoms with Crippen LogP contribution in [-0.4, -0.2) is 44.1 Å². The number of nitrogen functional groups attached to an aromatic ring is 1. The zero-order chi connectivity index (χ0) is 14.0. The Morgan fingerprint density at radius 2 is 2.10 bits per heavy atom. The minimum Gasteiger partial charge on any atom is -0.497 e. The Hall–Kier alpha value is -1.30. The molecule has 5 nitrogen and oxygen atoms in total. The molecule has 20 heavy (non-hydrogen) atoms. The zero-order valence-corrected chi connectivity index (χ0v) is 11.9. The minimum atomic E-state index is -0.372. The number of piperidine rings is 1. The molecule has 0 radical (unpaired) electrons. The maximum Gasteiger partial charge on any atom is 0.181 e. The Balaban J connectivity index is 1.69. The molecule has 3 rings (SSSR count).